The van der Waals surface area contributed by atoms with E-state index in [1.807, 2.05) is 52.9 Å². The first-order valence-electron chi connectivity index (χ1n) is 22.3. The van der Waals surface area contributed by atoms with E-state index < -0.39 is 36.9 Å². The van der Waals surface area contributed by atoms with Gasteiger partial charge in [-0.15, -0.1) is 0 Å². The van der Waals surface area contributed by atoms with Crippen LogP contribution in [0.25, 0.3) is 0 Å². The van der Waals surface area contributed by atoms with Gasteiger partial charge in [0.2, 0.25) is 0 Å². The Hall–Kier alpha value is -2.23. The monoisotopic (exact) mass is 1140 g/mol. The van der Waals surface area contributed by atoms with Crippen molar-refractivity contribution in [3.8, 4) is 17.2 Å². The molecule has 0 aliphatic heterocycles. The van der Waals surface area contributed by atoms with Gasteiger partial charge in [-0.1, -0.05) is 98.7 Å². The predicted molar refractivity (Wildman–Crippen MR) is 283 cm³/mol. The number of carbonyl (C=O) groups excluding carboxylic acids is 2. The number of ether oxygens (including phenoxy) is 6. The zero-order valence-corrected chi connectivity index (χ0v) is 50.7. The maximum absolute atomic E-state index is 12.4. The van der Waals surface area contributed by atoms with Crippen LogP contribution < -0.4 is 9.47 Å². The summed E-state index contributed by atoms with van der Waals surface area (Å²) in [5.74, 6) is 0.289. The number of benzene rings is 3. The van der Waals surface area contributed by atoms with Gasteiger partial charge in [-0.25, -0.2) is 9.59 Å². The molecule has 12 nitrogen and oxygen atoms in total. The molecular formula is C50H84IO12Si3V-. The molecule has 0 saturated heterocycles. The van der Waals surface area contributed by atoms with Crippen molar-refractivity contribution in [2.45, 2.75) is 150 Å². The summed E-state index contributed by atoms with van der Waals surface area (Å²) in [5.41, 5.74) is 3.19. The van der Waals surface area contributed by atoms with Crippen LogP contribution in [0.3, 0.4) is 0 Å². The van der Waals surface area contributed by atoms with Crippen molar-refractivity contribution in [2.75, 3.05) is 41.0 Å². The van der Waals surface area contributed by atoms with Crippen molar-refractivity contribution in [2.24, 2.45) is 0 Å². The number of halogens is 1. The van der Waals surface area contributed by atoms with E-state index in [2.05, 4.69) is 113 Å². The summed E-state index contributed by atoms with van der Waals surface area (Å²) < 4.78 is 49.6. The van der Waals surface area contributed by atoms with Gasteiger partial charge in [0.05, 0.1) is 33.0 Å². The maximum Gasteiger partial charge on any atom is 0.342 e. The van der Waals surface area contributed by atoms with Crippen molar-refractivity contribution in [1.29, 1.82) is 0 Å². The van der Waals surface area contributed by atoms with Crippen LogP contribution in [-0.4, -0.2) is 83.0 Å². The van der Waals surface area contributed by atoms with E-state index in [1.165, 1.54) is 13.2 Å². The first-order valence-corrected chi connectivity index (χ1v) is 32.5. The zero-order chi connectivity index (χ0) is 51.2. The fourth-order valence-electron chi connectivity index (χ4n) is 4.80. The SMILES string of the molecule is CCOC(=O)c1c(CO[Si](C)(C)C(C)(C)C)cccc1OCOC.CCOC(=O)c1c(O)cccc1CO[Si](C)(C)C(C)(C)C.COCOc1cccc(CO[Si](C)(C)C(C)(C)C)c1.[CH2-]I.[V]. The second-order valence-corrected chi connectivity index (χ2v) is 34.4. The standard InChI is InChI=1S/C18H30O5Si.C16H26O4Si.C15H26O3Si.CH2I.V/c1-8-21-17(19)16-14(10-9-11-15(16)22-13-20-5)12-23-24(6,7)18(2,3)4;1-7-19-15(18)14-12(9-8-10-13(14)17)11-20-21(5,6)16(2,3)4;1-15(2,3)19(5,6)18-11-13-8-7-9-14(10-13)17-12-16-4;1-2;/h9-11H,8,12-13H2,1-7H3;8-10,17H,7,11H2,1-6H3;7-10H,11-12H2,1-6H3;1H2;/q;;;-1;. The van der Waals surface area contributed by atoms with Gasteiger partial charge in [0.1, 0.15) is 28.4 Å². The molecule has 381 valence electrons. The van der Waals surface area contributed by atoms with Gasteiger partial charge in [-0.05, 0) is 109 Å². The molecule has 0 aliphatic carbocycles. The number of phenols is 1. The third-order valence-corrected chi connectivity index (χ3v) is 25.4. The minimum atomic E-state index is -1.92. The van der Waals surface area contributed by atoms with Crippen LogP contribution in [0.4, 0.5) is 0 Å². The van der Waals surface area contributed by atoms with Crippen molar-refractivity contribution < 1.29 is 75.0 Å². The van der Waals surface area contributed by atoms with Gasteiger partial charge in [-0.2, -0.15) is 0 Å². The summed E-state index contributed by atoms with van der Waals surface area (Å²) >= 11 is 1.90. The smallest absolute Gasteiger partial charge is 0.342 e. The fraction of sp³-hybridized carbons (Fsp3) is 0.580. The van der Waals surface area contributed by atoms with Crippen LogP contribution in [0, 0.1) is 4.93 Å². The van der Waals surface area contributed by atoms with Gasteiger partial charge in [0.15, 0.2) is 38.5 Å². The summed E-state index contributed by atoms with van der Waals surface area (Å²) in [4.78, 5) is 27.6. The summed E-state index contributed by atoms with van der Waals surface area (Å²) in [5, 5.41) is 10.4. The Balaban J connectivity index is 0. The number of hydrogen-bond acceptors (Lipinski definition) is 12. The Morgan fingerprint density at radius 2 is 0.970 bits per heavy atom. The average molecular weight is 1140 g/mol. The molecule has 0 aliphatic rings. The summed E-state index contributed by atoms with van der Waals surface area (Å²) in [6.07, 6.45) is 0. The summed E-state index contributed by atoms with van der Waals surface area (Å²) in [7, 11) is -2.38. The molecule has 0 unspecified atom stereocenters. The molecule has 0 fully saturated rings. The molecule has 1 radical (unpaired) electrons. The molecule has 1 N–H and O–H groups in total. The Morgan fingerprint density at radius 1 is 0.582 bits per heavy atom. The van der Waals surface area contributed by atoms with Gasteiger partial charge >= 0.3 is 11.9 Å². The van der Waals surface area contributed by atoms with Crippen molar-refractivity contribution in [1.82, 2.24) is 0 Å². The van der Waals surface area contributed by atoms with Crippen LogP contribution in [0.1, 0.15) is 114 Å². The summed E-state index contributed by atoms with van der Waals surface area (Å²) in [6, 6.07) is 18.4. The van der Waals surface area contributed by atoms with E-state index in [0.717, 1.165) is 16.9 Å². The van der Waals surface area contributed by atoms with Crippen molar-refractivity contribution >= 4 is 59.5 Å². The molecule has 67 heavy (non-hydrogen) atoms. The largest absolute Gasteiger partial charge is 0.507 e. The fourth-order valence-corrected chi connectivity index (χ4v) is 7.66. The van der Waals surface area contributed by atoms with E-state index in [4.69, 9.17) is 41.7 Å². The number of rotatable bonds is 19. The van der Waals surface area contributed by atoms with Crippen LogP contribution in [-0.2, 0) is 70.6 Å². The first kappa shape index (κ1) is 66.8. The van der Waals surface area contributed by atoms with Crippen LogP contribution in [0.2, 0.25) is 54.4 Å². The van der Waals surface area contributed by atoms with Gasteiger partial charge in [0.25, 0.3) is 0 Å². The Bertz CT molecular complexity index is 1890. The molecule has 0 atom stereocenters. The average Bonchev–Trinajstić information content (AvgIpc) is 3.23. The molecule has 3 aromatic rings. The molecule has 0 aromatic heterocycles. The second kappa shape index (κ2) is 31.2. The van der Waals surface area contributed by atoms with Crippen LogP contribution in [0.5, 0.6) is 17.2 Å². The normalized spacial score (nSPS) is 11.8. The molecular weight excluding hydrogens is 1050 g/mol. The minimum Gasteiger partial charge on any atom is -0.507 e. The van der Waals surface area contributed by atoms with E-state index >= 15 is 0 Å². The number of methoxy groups -OCH3 is 2. The third kappa shape index (κ3) is 23.0. The van der Waals surface area contributed by atoms with E-state index in [1.54, 1.807) is 39.2 Å². The number of phenolic OH excluding ortho intramolecular Hbond substituents is 1. The van der Waals surface area contributed by atoms with Gasteiger partial charge < -0.3 is 69.4 Å². The van der Waals surface area contributed by atoms with Crippen molar-refractivity contribution in [3.63, 3.8) is 0 Å². The summed E-state index contributed by atoms with van der Waals surface area (Å²) in [6.45, 7) is 38.7. The molecule has 17 heteroatoms. The van der Waals surface area contributed by atoms with Crippen LogP contribution >= 0.6 is 22.6 Å². The van der Waals surface area contributed by atoms with Crippen molar-refractivity contribution in [3.05, 3.63) is 93.4 Å². The van der Waals surface area contributed by atoms with E-state index in [9.17, 15) is 14.7 Å². The Labute approximate surface area is 433 Å². The Morgan fingerprint density at radius 3 is 1.40 bits per heavy atom. The quantitative estimate of drug-likeness (QED) is 0.0402. The number of esters is 2. The molecule has 3 rings (SSSR count). The van der Waals surface area contributed by atoms with Gasteiger partial charge in [0, 0.05) is 32.8 Å². The van der Waals surface area contributed by atoms with E-state index in [-0.39, 0.29) is 65.2 Å². The second-order valence-electron chi connectivity index (χ2n) is 19.9. The molecule has 3 aromatic carbocycles. The topological polar surface area (TPSA) is 137 Å². The first-order chi connectivity index (χ1) is 30.5. The molecule has 0 amide bonds. The number of carbonyl (C=O) groups is 2. The number of aromatic hydroxyl groups is 1. The maximum atomic E-state index is 12.4. The third-order valence-electron chi connectivity index (χ3n) is 12.0. The van der Waals surface area contributed by atoms with Gasteiger partial charge in [-0.3, -0.25) is 4.93 Å². The Kier molecular flexibility index (Phi) is 31.1. The molecule has 0 spiro atoms. The molecule has 0 bridgehead atoms. The minimum absolute atomic E-state index is 0. The zero-order valence-electron chi connectivity index (χ0n) is 44.2. The van der Waals surface area contributed by atoms with E-state index in [0.29, 0.717) is 43.3 Å². The molecule has 0 saturated carbocycles. The van der Waals surface area contributed by atoms with Crippen LogP contribution in [0.15, 0.2) is 60.7 Å². The number of hydrogen-bond donors (Lipinski definition) is 1. The predicted octanol–water partition coefficient (Wildman–Crippen LogP) is 13.9. The molecule has 0 heterocycles.